The molecule has 15 heteroatoms. The van der Waals surface area contributed by atoms with Crippen LogP contribution in [0.15, 0.2) is 158 Å². The van der Waals surface area contributed by atoms with Crippen LogP contribution in [-0.2, 0) is 19.9 Å². The maximum atomic E-state index is 16.3. The maximum absolute atomic E-state index is 16.3. The van der Waals surface area contributed by atoms with Gasteiger partial charge in [-0.2, -0.15) is 14.4 Å². The molecule has 1 saturated heterocycles. The van der Waals surface area contributed by atoms with E-state index in [1.165, 1.54) is 121 Å². The molecule has 8 rings (SSSR count). The molecule has 14 nitrogen and oxygen atoms in total. The average Bonchev–Trinajstić information content (AvgIpc) is 3.83. The summed E-state index contributed by atoms with van der Waals surface area (Å²) in [5, 5.41) is 11.5. The van der Waals surface area contributed by atoms with E-state index < -0.39 is 76.5 Å². The molecule has 3 heterocycles. The Balaban J connectivity index is 1.62. The van der Waals surface area contributed by atoms with Gasteiger partial charge in [-0.15, -0.1) is 0 Å². The lowest BCUT2D eigenvalue weighted by atomic mass is 9.65. The number of nitrogens with zero attached hydrogens (tertiary/aromatic N) is 4. The zero-order valence-electron chi connectivity index (χ0n) is 31.3. The van der Waals surface area contributed by atoms with Crippen LogP contribution in [0.2, 0.25) is 0 Å². The molecule has 0 amide bonds. The van der Waals surface area contributed by atoms with Crippen LogP contribution in [0, 0.1) is 6.08 Å². The highest BCUT2D eigenvalue weighted by atomic mass is 19.1. The number of carbonyl (C=O) groups excluding carboxylic acids is 5. The van der Waals surface area contributed by atoms with Crippen molar-refractivity contribution >= 4 is 46.3 Å². The molecule has 3 N–H and O–H groups in total. The summed E-state index contributed by atoms with van der Waals surface area (Å²) in [6, 6.07) is 36.2. The summed E-state index contributed by atoms with van der Waals surface area (Å²) in [7, 11) is 0. The molecule has 1 aliphatic rings. The molecule has 1 aliphatic heterocycles. The highest BCUT2D eigenvalue weighted by Crippen LogP contribution is 2.59. The number of hydrogen-bond acceptors (Lipinski definition) is 13. The molecular formula is C45H32FN5O9. The van der Waals surface area contributed by atoms with Crippen LogP contribution < -0.4 is 5.73 Å². The zero-order valence-corrected chi connectivity index (χ0v) is 31.3. The third kappa shape index (κ3) is 6.02. The number of nitrogens with two attached hydrogens (primary N) is 1. The largest absolute Gasteiger partial charge is 0.439 e. The monoisotopic (exact) mass is 805 g/mol. The maximum Gasteiger partial charge on any atom is 0.339 e. The summed E-state index contributed by atoms with van der Waals surface area (Å²) in [4.78, 5) is 89.6. The van der Waals surface area contributed by atoms with E-state index in [2.05, 4.69) is 15.0 Å². The van der Waals surface area contributed by atoms with Gasteiger partial charge in [0.15, 0.2) is 17.0 Å². The Morgan fingerprint density at radius 3 is 1.55 bits per heavy atom. The summed E-state index contributed by atoms with van der Waals surface area (Å²) >= 11 is 0. The van der Waals surface area contributed by atoms with Crippen LogP contribution in [0.25, 0.3) is 11.2 Å². The lowest BCUT2D eigenvalue weighted by Gasteiger charge is -2.47. The predicted molar refractivity (Wildman–Crippen MR) is 211 cm³/mol. The number of aliphatic hydroxyl groups excluding tert-OH is 1. The van der Waals surface area contributed by atoms with Crippen molar-refractivity contribution in [1.29, 1.82) is 0 Å². The second-order valence-electron chi connectivity index (χ2n) is 13.6. The zero-order chi connectivity index (χ0) is 42.1. The van der Waals surface area contributed by atoms with Gasteiger partial charge in [0.05, 0.1) is 17.7 Å². The predicted octanol–water partition coefficient (Wildman–Crippen LogP) is 5.43. The van der Waals surface area contributed by atoms with E-state index in [1.54, 1.807) is 30.3 Å². The number of esters is 2. The number of fused-ring (bicyclic) bond motifs is 1. The minimum Gasteiger partial charge on any atom is -0.439 e. The number of hydrogen-bond donors (Lipinski definition) is 2. The van der Waals surface area contributed by atoms with Crippen LogP contribution in [0.4, 0.5) is 10.2 Å². The van der Waals surface area contributed by atoms with Crippen molar-refractivity contribution < 1.29 is 47.7 Å². The fourth-order valence-electron chi connectivity index (χ4n) is 7.63. The van der Waals surface area contributed by atoms with Crippen molar-refractivity contribution in [1.82, 2.24) is 19.5 Å². The van der Waals surface area contributed by atoms with E-state index in [9.17, 15) is 14.7 Å². The summed E-state index contributed by atoms with van der Waals surface area (Å²) < 4.78 is 35.9. The first-order valence-electron chi connectivity index (χ1n) is 18.4. The summed E-state index contributed by atoms with van der Waals surface area (Å²) in [5.41, 5.74) is -5.98. The fraction of sp³-hybridized carbons (Fsp3) is 0.111. The number of anilines is 1. The van der Waals surface area contributed by atoms with Gasteiger partial charge in [0, 0.05) is 16.7 Å². The lowest BCUT2D eigenvalue weighted by Crippen LogP contribution is -2.76. The summed E-state index contributed by atoms with van der Waals surface area (Å²) in [6.07, 6.45) is -2.72. The standard InChI is InChI=1S/C45H32FN5O9/c46-42-49-38(47)34-39(50-42)51(27-48-34)45(37(55)30-20-10-3-11-21-30)44(36(54)29-18-8-2-9-19-29,60-41(57)32-24-14-5-15-25-32)43(33(26-52)58-45,35(53)28-16-6-1-7-17-28)59-40(56)31-22-12-4-13-23-31/h1-25,27,33,52H,26H2,(H2,47,49,50)/t33-,43+,44-,45-/m1/s1. The van der Waals surface area contributed by atoms with Gasteiger partial charge in [0.25, 0.3) is 16.9 Å². The van der Waals surface area contributed by atoms with Gasteiger partial charge in [-0.05, 0) is 24.3 Å². The van der Waals surface area contributed by atoms with Crippen molar-refractivity contribution in [3.8, 4) is 0 Å². The molecule has 60 heavy (non-hydrogen) atoms. The van der Waals surface area contributed by atoms with Crippen LogP contribution >= 0.6 is 0 Å². The number of ketones is 3. The quantitative estimate of drug-likeness (QED) is 0.0900. The molecule has 0 saturated carbocycles. The van der Waals surface area contributed by atoms with Crippen molar-refractivity contribution in [2.75, 3.05) is 12.3 Å². The van der Waals surface area contributed by atoms with Crippen molar-refractivity contribution in [2.45, 2.75) is 23.0 Å². The molecule has 0 radical (unpaired) electrons. The number of imidazole rings is 1. The van der Waals surface area contributed by atoms with Gasteiger partial charge in [-0.1, -0.05) is 127 Å². The van der Waals surface area contributed by atoms with Gasteiger partial charge >= 0.3 is 18.0 Å². The Kier molecular flexibility index (Phi) is 10.1. The van der Waals surface area contributed by atoms with Gasteiger partial charge in [0.2, 0.25) is 17.3 Å². The Labute approximate surface area is 340 Å². The topological polar surface area (TPSA) is 203 Å². The SMILES string of the molecule is Nc1nc(F)nc2c1ncn2[C@]1(C(=O)c2ccccc2)O[C@H](CO)[C@](OC(=O)c2ccccc2)(C(=O)c2ccccc2)[C@]1(OC(=O)c1ccccc1)C(=O)c1ccccc1. The highest BCUT2D eigenvalue weighted by Gasteiger charge is 2.88. The second-order valence-corrected chi connectivity index (χ2v) is 13.6. The molecule has 0 spiro atoms. The first kappa shape index (κ1) is 39.1. The molecule has 4 atom stereocenters. The number of halogens is 1. The number of nitrogen functional groups attached to an aromatic ring is 1. The fourth-order valence-corrected chi connectivity index (χ4v) is 7.63. The number of aliphatic hydroxyl groups is 1. The Morgan fingerprint density at radius 2 is 1.07 bits per heavy atom. The Morgan fingerprint density at radius 1 is 0.633 bits per heavy atom. The first-order chi connectivity index (χ1) is 29.1. The minimum absolute atomic E-state index is 0.146. The van der Waals surface area contributed by atoms with Crippen LogP contribution in [0.3, 0.4) is 0 Å². The minimum atomic E-state index is -3.56. The van der Waals surface area contributed by atoms with Gasteiger partial charge < -0.3 is 25.1 Å². The number of rotatable bonds is 12. The number of ether oxygens (including phenoxy) is 3. The van der Waals surface area contributed by atoms with E-state index in [0.29, 0.717) is 0 Å². The van der Waals surface area contributed by atoms with Crippen molar-refractivity contribution in [3.63, 3.8) is 0 Å². The smallest absolute Gasteiger partial charge is 0.339 e. The third-order valence-electron chi connectivity index (χ3n) is 10.3. The number of carbonyl (C=O) groups is 5. The molecule has 0 aliphatic carbocycles. The number of benzene rings is 5. The van der Waals surface area contributed by atoms with Gasteiger partial charge in [-0.25, -0.2) is 14.6 Å². The second kappa shape index (κ2) is 15.5. The van der Waals surface area contributed by atoms with Gasteiger partial charge in [-0.3, -0.25) is 19.0 Å². The summed E-state index contributed by atoms with van der Waals surface area (Å²) in [6.45, 7) is -1.25. The van der Waals surface area contributed by atoms with E-state index in [-0.39, 0.29) is 33.3 Å². The van der Waals surface area contributed by atoms with E-state index in [4.69, 9.17) is 19.9 Å². The lowest BCUT2D eigenvalue weighted by molar-refractivity contribution is -0.150. The molecule has 0 bridgehead atoms. The Bertz CT molecular complexity index is 2760. The van der Waals surface area contributed by atoms with Crippen LogP contribution in [0.5, 0.6) is 0 Å². The third-order valence-corrected chi connectivity index (χ3v) is 10.3. The summed E-state index contributed by atoms with van der Waals surface area (Å²) in [5.74, 6) is -6.82. The van der Waals surface area contributed by atoms with Crippen molar-refractivity contribution in [3.05, 3.63) is 192 Å². The molecule has 7 aromatic rings. The van der Waals surface area contributed by atoms with E-state index in [0.717, 1.165) is 10.9 Å². The normalized spacial score (nSPS) is 20.9. The first-order valence-corrected chi connectivity index (χ1v) is 18.4. The van der Waals surface area contributed by atoms with Crippen LogP contribution in [-0.4, -0.2) is 77.8 Å². The Hall–Kier alpha value is -7.75. The number of aromatic nitrogens is 4. The molecule has 1 fully saturated rings. The van der Waals surface area contributed by atoms with Crippen molar-refractivity contribution in [2.24, 2.45) is 0 Å². The average molecular weight is 806 g/mol. The molecule has 5 aromatic carbocycles. The molecular weight excluding hydrogens is 774 g/mol. The van der Waals surface area contributed by atoms with Crippen LogP contribution in [0.1, 0.15) is 51.8 Å². The highest BCUT2D eigenvalue weighted by molar-refractivity contribution is 6.20. The number of Topliss-reactive ketones (excluding diaryl/α,β-unsaturated/α-hetero) is 3. The molecule has 298 valence electrons. The molecule has 0 unspecified atom stereocenters. The van der Waals surface area contributed by atoms with E-state index in [1.807, 2.05) is 0 Å². The van der Waals surface area contributed by atoms with E-state index >= 15 is 18.8 Å². The van der Waals surface area contributed by atoms with Gasteiger partial charge in [0.1, 0.15) is 12.4 Å². The molecule has 2 aromatic heterocycles.